The van der Waals surface area contributed by atoms with Crippen molar-refractivity contribution in [3.8, 4) is 0 Å². The van der Waals surface area contributed by atoms with E-state index in [0.717, 1.165) is 70.6 Å². The van der Waals surface area contributed by atoms with Crippen molar-refractivity contribution >= 4 is 29.6 Å². The average molecular weight is 573 g/mol. The SMILES string of the molecule is CC1CCCCC1OC(=O)N[C@H](C(=O)N1CC2[C@@H]([C@H]1C(=O)NC(CC1CC1)C(=O)C(N)=O)C2(C)C)C1CCCCC1. The number of alkyl carbamates (subject to hydrolysis) is 1. The predicted molar refractivity (Wildman–Crippen MR) is 151 cm³/mol. The molecule has 10 nitrogen and oxygen atoms in total. The number of primary amides is 1. The zero-order valence-electron chi connectivity index (χ0n) is 24.9. The molecule has 5 fully saturated rings. The van der Waals surface area contributed by atoms with Gasteiger partial charge >= 0.3 is 6.09 Å². The Hall–Kier alpha value is -2.65. The fourth-order valence-corrected chi connectivity index (χ4v) is 7.94. The van der Waals surface area contributed by atoms with Crippen LogP contribution in [0.3, 0.4) is 0 Å². The molecule has 0 aromatic heterocycles. The Labute approximate surface area is 243 Å². The number of rotatable bonds is 10. The second-order valence-corrected chi connectivity index (χ2v) is 14.1. The molecule has 4 saturated carbocycles. The molecule has 0 aromatic rings. The molecule has 1 heterocycles. The molecular weight excluding hydrogens is 524 g/mol. The third-order valence-electron chi connectivity index (χ3n) is 10.9. The minimum atomic E-state index is -1.06. The van der Waals surface area contributed by atoms with E-state index < -0.39 is 41.8 Å². The number of ketones is 1. The summed E-state index contributed by atoms with van der Waals surface area (Å²) in [4.78, 5) is 67.2. The number of likely N-dealkylation sites (tertiary alicyclic amines) is 1. The lowest BCUT2D eigenvalue weighted by molar-refractivity contribution is -0.144. The summed E-state index contributed by atoms with van der Waals surface area (Å²) in [7, 11) is 0. The summed E-state index contributed by atoms with van der Waals surface area (Å²) < 4.78 is 5.84. The van der Waals surface area contributed by atoms with Crippen molar-refractivity contribution in [3.63, 3.8) is 0 Å². The lowest BCUT2D eigenvalue weighted by Gasteiger charge is -2.37. The van der Waals surface area contributed by atoms with Crippen LogP contribution in [0.1, 0.15) is 97.8 Å². The molecule has 1 saturated heterocycles. The smallest absolute Gasteiger partial charge is 0.408 e. The van der Waals surface area contributed by atoms with Gasteiger partial charge < -0.3 is 26.0 Å². The Morgan fingerprint density at radius 2 is 1.59 bits per heavy atom. The number of ether oxygens (including phenoxy) is 1. The van der Waals surface area contributed by atoms with Crippen molar-refractivity contribution in [2.75, 3.05) is 6.54 Å². The van der Waals surface area contributed by atoms with Crippen molar-refractivity contribution in [2.24, 2.45) is 40.7 Å². The lowest BCUT2D eigenvalue weighted by Crippen LogP contribution is -2.59. The van der Waals surface area contributed by atoms with Crippen LogP contribution in [0, 0.1) is 35.0 Å². The highest BCUT2D eigenvalue weighted by atomic mass is 16.6. The van der Waals surface area contributed by atoms with Gasteiger partial charge in [-0.25, -0.2) is 4.79 Å². The van der Waals surface area contributed by atoms with Gasteiger partial charge in [0.1, 0.15) is 18.2 Å². The molecule has 4 N–H and O–H groups in total. The van der Waals surface area contributed by atoms with E-state index in [1.807, 2.05) is 0 Å². The topological polar surface area (TPSA) is 148 Å². The van der Waals surface area contributed by atoms with Gasteiger partial charge in [-0.05, 0) is 73.5 Å². The molecule has 228 valence electrons. The van der Waals surface area contributed by atoms with E-state index in [9.17, 15) is 24.0 Å². The Balaban J connectivity index is 1.33. The number of fused-ring (bicyclic) bond motifs is 1. The van der Waals surface area contributed by atoms with Crippen LogP contribution in [-0.4, -0.2) is 65.3 Å². The number of carbonyl (C=O) groups excluding carboxylic acids is 5. The Kier molecular flexibility index (Phi) is 8.67. The van der Waals surface area contributed by atoms with E-state index >= 15 is 0 Å². The second-order valence-electron chi connectivity index (χ2n) is 14.1. The first kappa shape index (κ1) is 29.8. The summed E-state index contributed by atoms with van der Waals surface area (Å²) in [6.07, 6.45) is 10.3. The monoisotopic (exact) mass is 572 g/mol. The van der Waals surface area contributed by atoms with Crippen molar-refractivity contribution < 1.29 is 28.7 Å². The summed E-state index contributed by atoms with van der Waals surface area (Å²) in [5.74, 6) is -1.90. The van der Waals surface area contributed by atoms with Gasteiger partial charge in [-0.1, -0.05) is 59.3 Å². The number of hydrogen-bond acceptors (Lipinski definition) is 6. The zero-order valence-corrected chi connectivity index (χ0v) is 24.9. The van der Waals surface area contributed by atoms with E-state index in [1.54, 1.807) is 4.90 Å². The summed E-state index contributed by atoms with van der Waals surface area (Å²) in [6, 6.07) is -2.52. The molecule has 7 atom stereocenters. The summed E-state index contributed by atoms with van der Waals surface area (Å²) in [5.41, 5.74) is 5.18. The van der Waals surface area contributed by atoms with Crippen LogP contribution in [0.15, 0.2) is 0 Å². The summed E-state index contributed by atoms with van der Waals surface area (Å²) >= 11 is 0. The molecule has 0 bridgehead atoms. The highest BCUT2D eigenvalue weighted by Crippen LogP contribution is 2.65. The van der Waals surface area contributed by atoms with E-state index in [0.29, 0.717) is 13.0 Å². The fourth-order valence-electron chi connectivity index (χ4n) is 7.94. The zero-order chi connectivity index (χ0) is 29.5. The first-order chi connectivity index (χ1) is 19.5. The number of carbonyl (C=O) groups is 5. The van der Waals surface area contributed by atoms with Crippen LogP contribution < -0.4 is 16.4 Å². The Morgan fingerprint density at radius 1 is 0.927 bits per heavy atom. The van der Waals surface area contributed by atoms with Crippen molar-refractivity contribution in [1.82, 2.24) is 15.5 Å². The number of hydrogen-bond donors (Lipinski definition) is 3. The highest BCUT2D eigenvalue weighted by Gasteiger charge is 2.69. The number of nitrogens with two attached hydrogens (primary N) is 1. The normalized spacial score (nSPS) is 32.3. The second kappa shape index (κ2) is 11.9. The number of piperidine rings is 1. The third-order valence-corrected chi connectivity index (χ3v) is 10.9. The maximum atomic E-state index is 14.3. The molecule has 4 aliphatic carbocycles. The maximum Gasteiger partial charge on any atom is 0.408 e. The van der Waals surface area contributed by atoms with Gasteiger partial charge in [0.2, 0.25) is 17.6 Å². The molecule has 41 heavy (non-hydrogen) atoms. The first-order valence-corrected chi connectivity index (χ1v) is 15.9. The predicted octanol–water partition coefficient (Wildman–Crippen LogP) is 3.06. The number of nitrogens with zero attached hydrogens (tertiary/aromatic N) is 1. The fraction of sp³-hybridized carbons (Fsp3) is 0.839. The van der Waals surface area contributed by atoms with Crippen LogP contribution in [-0.2, 0) is 23.9 Å². The van der Waals surface area contributed by atoms with Crippen molar-refractivity contribution in [1.29, 1.82) is 0 Å². The molecular formula is C31H48N4O6. The highest BCUT2D eigenvalue weighted by molar-refractivity contribution is 6.37. The lowest BCUT2D eigenvalue weighted by atomic mass is 9.83. The minimum absolute atomic E-state index is 0.0275. The van der Waals surface area contributed by atoms with Gasteiger partial charge in [-0.15, -0.1) is 0 Å². The van der Waals surface area contributed by atoms with E-state index in [2.05, 4.69) is 31.4 Å². The van der Waals surface area contributed by atoms with E-state index in [-0.39, 0.29) is 47.0 Å². The molecule has 10 heteroatoms. The van der Waals surface area contributed by atoms with Gasteiger partial charge in [-0.3, -0.25) is 19.2 Å². The Bertz CT molecular complexity index is 1050. The quantitative estimate of drug-likeness (QED) is 0.343. The van der Waals surface area contributed by atoms with Crippen molar-refractivity contribution in [2.45, 2.75) is 122 Å². The number of nitrogens with one attached hydrogen (secondary N) is 2. The summed E-state index contributed by atoms with van der Waals surface area (Å²) in [6.45, 7) is 6.72. The van der Waals surface area contributed by atoms with Gasteiger partial charge in [0.05, 0.1) is 6.04 Å². The van der Waals surface area contributed by atoms with Gasteiger partial charge in [0, 0.05) is 6.54 Å². The molecule has 0 spiro atoms. The van der Waals surface area contributed by atoms with Crippen LogP contribution in [0.25, 0.3) is 0 Å². The molecule has 0 radical (unpaired) electrons. The first-order valence-electron chi connectivity index (χ1n) is 15.9. The van der Waals surface area contributed by atoms with Crippen LogP contribution in [0.2, 0.25) is 0 Å². The Morgan fingerprint density at radius 3 is 2.22 bits per heavy atom. The van der Waals surface area contributed by atoms with E-state index in [4.69, 9.17) is 10.5 Å². The molecule has 4 unspecified atom stereocenters. The van der Waals surface area contributed by atoms with Crippen LogP contribution in [0.5, 0.6) is 0 Å². The molecule has 5 rings (SSSR count). The van der Waals surface area contributed by atoms with Gasteiger partial charge in [-0.2, -0.15) is 0 Å². The van der Waals surface area contributed by atoms with Gasteiger partial charge in [0.25, 0.3) is 5.91 Å². The number of Topliss-reactive ketones (excluding diaryl/α,β-unsaturated/α-hetero) is 1. The standard InChI is InChI=1S/C31H48N4O6/c1-17-9-7-8-12-22(17)41-30(40)34-24(19-10-5-4-6-11-19)29(39)35-16-20-23(31(20,2)3)25(35)28(38)33-21(15-18-13-14-18)26(36)27(32)37/h17-25H,4-16H2,1-3H3,(H2,32,37)(H,33,38)(H,34,40)/t17?,20?,21?,22?,23-,24-,25-/m0/s1. The average Bonchev–Trinajstić information content (AvgIpc) is 3.79. The third kappa shape index (κ3) is 6.41. The molecule has 1 aliphatic heterocycles. The molecule has 0 aromatic carbocycles. The minimum Gasteiger partial charge on any atom is -0.446 e. The number of amides is 4. The molecule has 4 amide bonds. The van der Waals surface area contributed by atoms with Crippen molar-refractivity contribution in [3.05, 3.63) is 0 Å². The largest absolute Gasteiger partial charge is 0.446 e. The summed E-state index contributed by atoms with van der Waals surface area (Å²) in [5, 5.41) is 5.76. The molecule has 5 aliphatic rings. The van der Waals surface area contributed by atoms with Crippen LogP contribution >= 0.6 is 0 Å². The van der Waals surface area contributed by atoms with E-state index in [1.165, 1.54) is 0 Å². The van der Waals surface area contributed by atoms with Crippen LogP contribution in [0.4, 0.5) is 4.79 Å². The van der Waals surface area contributed by atoms with Gasteiger partial charge in [0.15, 0.2) is 0 Å². The maximum absolute atomic E-state index is 14.3.